The summed E-state index contributed by atoms with van der Waals surface area (Å²) in [7, 11) is 0. The molecule has 5 heteroatoms. The van der Waals surface area contributed by atoms with Crippen molar-refractivity contribution < 1.29 is 23.9 Å². The Morgan fingerprint density at radius 1 is 1.20 bits per heavy atom. The van der Waals surface area contributed by atoms with E-state index in [1.807, 2.05) is 43.6 Å². The molecule has 0 amide bonds. The molecule has 5 nitrogen and oxygen atoms in total. The number of aliphatic carboxylic acids is 1. The van der Waals surface area contributed by atoms with Crippen LogP contribution < -0.4 is 9.67 Å². The second-order valence-electron chi connectivity index (χ2n) is 3.79. The number of ether oxygens (including phenoxy) is 2. The summed E-state index contributed by atoms with van der Waals surface area (Å²) in [6, 6.07) is 6.01. The van der Waals surface area contributed by atoms with Gasteiger partial charge in [0.1, 0.15) is 0 Å². The Balaban J connectivity index is 0.000000367. The molecule has 0 aliphatic rings. The zero-order valence-electron chi connectivity index (χ0n) is 12.0. The van der Waals surface area contributed by atoms with Crippen LogP contribution in [0.3, 0.4) is 0 Å². The number of nitrogens with zero attached hydrogens (tertiary/aromatic N) is 1. The maximum absolute atomic E-state index is 9.87. The van der Waals surface area contributed by atoms with Gasteiger partial charge in [0.2, 0.25) is 0 Å². The molecule has 0 aliphatic heterocycles. The van der Waals surface area contributed by atoms with Crippen molar-refractivity contribution in [2.45, 2.75) is 19.9 Å². The predicted octanol–water partition coefficient (Wildman–Crippen LogP) is 0.340. The van der Waals surface area contributed by atoms with E-state index in [1.54, 1.807) is 0 Å². The number of allylic oxidation sites excluding steroid dienone is 1. The maximum atomic E-state index is 9.87. The van der Waals surface area contributed by atoms with Crippen LogP contribution in [0.15, 0.2) is 43.2 Å². The number of carboxylic acid groups (broad SMARTS) is 1. The summed E-state index contributed by atoms with van der Waals surface area (Å²) in [6.07, 6.45) is 5.86. The van der Waals surface area contributed by atoms with Gasteiger partial charge in [-0.25, -0.2) is 4.57 Å². The number of hydrogen-bond acceptors (Lipinski definition) is 4. The van der Waals surface area contributed by atoms with Crippen LogP contribution in [0, 0.1) is 0 Å². The Bertz CT molecular complexity index is 354. The molecule has 0 unspecified atom stereocenters. The Kier molecular flexibility index (Phi) is 12.5. The molecule has 1 aromatic rings. The second-order valence-corrected chi connectivity index (χ2v) is 3.79. The van der Waals surface area contributed by atoms with E-state index in [4.69, 9.17) is 9.47 Å². The van der Waals surface area contributed by atoms with Crippen molar-refractivity contribution in [2.24, 2.45) is 0 Å². The molecular weight excluding hydrogens is 258 g/mol. The molecule has 0 N–H and O–H groups in total. The number of carbonyl (C=O) groups excluding carboxylic acids is 1. The first-order valence-corrected chi connectivity index (χ1v) is 6.61. The van der Waals surface area contributed by atoms with Crippen LogP contribution in [0.5, 0.6) is 0 Å². The lowest BCUT2D eigenvalue weighted by atomic mass is 10.5. The normalized spacial score (nSPS) is 9.45. The van der Waals surface area contributed by atoms with E-state index in [0.717, 1.165) is 6.54 Å². The van der Waals surface area contributed by atoms with Gasteiger partial charge in [-0.2, -0.15) is 0 Å². The molecule has 1 rings (SSSR count). The molecule has 0 aliphatic carbocycles. The molecule has 0 radical (unpaired) electrons. The van der Waals surface area contributed by atoms with Crippen LogP contribution in [0.1, 0.15) is 13.3 Å². The number of rotatable bonds is 9. The summed E-state index contributed by atoms with van der Waals surface area (Å²) in [4.78, 5) is 9.87. The molecule has 0 bridgehead atoms. The van der Waals surface area contributed by atoms with E-state index in [0.29, 0.717) is 19.8 Å². The highest BCUT2D eigenvalue weighted by atomic mass is 16.5. The molecular formula is C15H23NO4. The van der Waals surface area contributed by atoms with Gasteiger partial charge in [-0.3, -0.25) is 0 Å². The van der Waals surface area contributed by atoms with Gasteiger partial charge in [0.15, 0.2) is 18.9 Å². The molecule has 0 spiro atoms. The number of carboxylic acids is 1. The summed E-state index contributed by atoms with van der Waals surface area (Å²) in [5, 5.41) is 9.87. The molecule has 1 heterocycles. The lowest BCUT2D eigenvalue weighted by Gasteiger charge is -2.04. The van der Waals surface area contributed by atoms with Crippen LogP contribution in [-0.2, 0) is 20.8 Å². The highest BCUT2D eigenvalue weighted by Gasteiger charge is 1.89. The first-order valence-electron chi connectivity index (χ1n) is 6.61. The van der Waals surface area contributed by atoms with Crippen molar-refractivity contribution in [2.75, 3.05) is 26.4 Å². The Hall–Kier alpha value is -1.72. The molecule has 0 aromatic carbocycles. The van der Waals surface area contributed by atoms with Gasteiger partial charge in [0, 0.05) is 31.1 Å². The van der Waals surface area contributed by atoms with Crippen LogP contribution in [0.25, 0.3) is 0 Å². The standard InChI is InChI=1S/C8H10N.C7H14O4/c1-2-6-9-7-4-3-5-8-9;1-2-10-5-6-11-4-3-7(8)9/h2-5,7-8H,1,6H2;2-6H2,1H3,(H,8,9)/q+1;/p-1. The SMILES string of the molecule is C=CC[n+]1ccccc1.CCOCCOCCC(=O)[O-]. The topological polar surface area (TPSA) is 62.5 Å². The van der Waals surface area contributed by atoms with Gasteiger partial charge in [-0.15, -0.1) is 0 Å². The van der Waals surface area contributed by atoms with Crippen LogP contribution in [0.2, 0.25) is 0 Å². The number of hydrogen-bond donors (Lipinski definition) is 0. The van der Waals surface area contributed by atoms with Crippen molar-refractivity contribution in [3.63, 3.8) is 0 Å². The molecule has 0 saturated heterocycles. The van der Waals surface area contributed by atoms with Crippen LogP contribution in [0.4, 0.5) is 0 Å². The quantitative estimate of drug-likeness (QED) is 0.372. The van der Waals surface area contributed by atoms with E-state index in [9.17, 15) is 9.90 Å². The van der Waals surface area contributed by atoms with E-state index in [-0.39, 0.29) is 13.0 Å². The van der Waals surface area contributed by atoms with Crippen molar-refractivity contribution >= 4 is 5.97 Å². The molecule has 0 fully saturated rings. The van der Waals surface area contributed by atoms with E-state index >= 15 is 0 Å². The number of pyridine rings is 1. The maximum Gasteiger partial charge on any atom is 0.169 e. The minimum atomic E-state index is -1.08. The molecule has 1 aromatic heterocycles. The van der Waals surface area contributed by atoms with Crippen molar-refractivity contribution in [1.82, 2.24) is 0 Å². The number of aromatic nitrogens is 1. The highest BCUT2D eigenvalue weighted by molar-refractivity contribution is 5.64. The Morgan fingerprint density at radius 2 is 1.85 bits per heavy atom. The fourth-order valence-electron chi connectivity index (χ4n) is 1.22. The molecule has 0 atom stereocenters. The minimum absolute atomic E-state index is 0.0495. The van der Waals surface area contributed by atoms with Crippen LogP contribution >= 0.6 is 0 Å². The summed E-state index contributed by atoms with van der Waals surface area (Å²) >= 11 is 0. The lowest BCUT2D eigenvalue weighted by Crippen LogP contribution is -2.30. The summed E-state index contributed by atoms with van der Waals surface area (Å²) in [5.41, 5.74) is 0. The van der Waals surface area contributed by atoms with Gasteiger partial charge in [0.05, 0.1) is 19.8 Å². The molecule has 112 valence electrons. The van der Waals surface area contributed by atoms with Crippen molar-refractivity contribution in [1.29, 1.82) is 0 Å². The zero-order chi connectivity index (χ0) is 15.1. The summed E-state index contributed by atoms with van der Waals surface area (Å²) < 4.78 is 11.9. The van der Waals surface area contributed by atoms with Gasteiger partial charge in [-0.1, -0.05) is 12.6 Å². The Labute approximate surface area is 120 Å². The average Bonchev–Trinajstić information content (AvgIpc) is 2.45. The highest BCUT2D eigenvalue weighted by Crippen LogP contribution is 1.81. The summed E-state index contributed by atoms with van der Waals surface area (Å²) in [6.45, 7) is 8.24. The van der Waals surface area contributed by atoms with E-state index in [2.05, 4.69) is 11.1 Å². The lowest BCUT2D eigenvalue weighted by molar-refractivity contribution is -0.687. The third-order valence-corrected chi connectivity index (χ3v) is 2.14. The second kappa shape index (κ2) is 13.7. The average molecular weight is 281 g/mol. The monoisotopic (exact) mass is 281 g/mol. The largest absolute Gasteiger partial charge is 0.550 e. The summed E-state index contributed by atoms with van der Waals surface area (Å²) in [5.74, 6) is -1.08. The predicted molar refractivity (Wildman–Crippen MR) is 73.8 cm³/mol. The van der Waals surface area contributed by atoms with Gasteiger partial charge in [-0.05, 0) is 13.0 Å². The fraction of sp³-hybridized carbons (Fsp3) is 0.467. The first kappa shape index (κ1) is 18.3. The van der Waals surface area contributed by atoms with Crippen molar-refractivity contribution in [3.8, 4) is 0 Å². The Morgan fingerprint density at radius 3 is 2.40 bits per heavy atom. The number of carbonyl (C=O) groups is 1. The van der Waals surface area contributed by atoms with E-state index < -0.39 is 5.97 Å². The van der Waals surface area contributed by atoms with Crippen molar-refractivity contribution in [3.05, 3.63) is 43.2 Å². The van der Waals surface area contributed by atoms with Gasteiger partial charge < -0.3 is 19.4 Å². The minimum Gasteiger partial charge on any atom is -0.550 e. The third-order valence-electron chi connectivity index (χ3n) is 2.14. The van der Waals surface area contributed by atoms with Gasteiger partial charge >= 0.3 is 0 Å². The fourth-order valence-corrected chi connectivity index (χ4v) is 1.22. The third kappa shape index (κ3) is 12.7. The van der Waals surface area contributed by atoms with Crippen LogP contribution in [-0.4, -0.2) is 32.4 Å². The molecule has 20 heavy (non-hydrogen) atoms. The van der Waals surface area contributed by atoms with Gasteiger partial charge in [0.25, 0.3) is 0 Å². The first-order chi connectivity index (χ1) is 9.70. The van der Waals surface area contributed by atoms with E-state index in [1.165, 1.54) is 0 Å². The zero-order valence-corrected chi connectivity index (χ0v) is 12.0. The molecule has 0 saturated carbocycles. The smallest absolute Gasteiger partial charge is 0.169 e.